The van der Waals surface area contributed by atoms with Crippen LogP contribution >= 0.6 is 0 Å². The number of rotatable bonds is 7. The lowest BCUT2D eigenvalue weighted by Crippen LogP contribution is -2.23. The van der Waals surface area contributed by atoms with Crippen LogP contribution in [0, 0.1) is 0 Å². The largest absolute Gasteiger partial charge is 0.484 e. The van der Waals surface area contributed by atoms with E-state index >= 15 is 0 Å². The van der Waals surface area contributed by atoms with Gasteiger partial charge in [0, 0.05) is 13.0 Å². The van der Waals surface area contributed by atoms with E-state index in [2.05, 4.69) is 15.0 Å². The van der Waals surface area contributed by atoms with Gasteiger partial charge in [0.1, 0.15) is 5.75 Å². The molecule has 0 bridgehead atoms. The van der Waals surface area contributed by atoms with Gasteiger partial charge in [0.25, 0.3) is 5.91 Å². The fourth-order valence-electron chi connectivity index (χ4n) is 2.98. The summed E-state index contributed by atoms with van der Waals surface area (Å²) in [6.45, 7) is 3.65. The number of nitrogens with two attached hydrogens (primary N) is 1. The van der Waals surface area contributed by atoms with Crippen molar-refractivity contribution in [1.82, 2.24) is 15.0 Å². The van der Waals surface area contributed by atoms with Crippen molar-refractivity contribution < 1.29 is 14.1 Å². The molecule has 1 fully saturated rings. The number of hydrogen-bond donors (Lipinski definition) is 1. The summed E-state index contributed by atoms with van der Waals surface area (Å²) >= 11 is 0. The molecule has 1 amide bonds. The first-order valence-corrected chi connectivity index (χ1v) is 8.22. The van der Waals surface area contributed by atoms with Crippen LogP contribution in [0.5, 0.6) is 5.75 Å². The van der Waals surface area contributed by atoms with E-state index in [1.165, 1.54) is 0 Å². The summed E-state index contributed by atoms with van der Waals surface area (Å²) in [6.07, 6.45) is 2.89. The number of nitrogens with zero attached hydrogens (tertiary/aromatic N) is 3. The highest BCUT2D eigenvalue weighted by Gasteiger charge is 2.29. The van der Waals surface area contributed by atoms with Gasteiger partial charge in [-0.25, -0.2) is 0 Å². The van der Waals surface area contributed by atoms with Gasteiger partial charge in [0.2, 0.25) is 5.89 Å². The first kappa shape index (κ1) is 16.4. The number of aryl methyl sites for hydroxylation is 1. The fraction of sp³-hybridized carbons (Fsp3) is 0.471. The molecule has 1 aliphatic heterocycles. The maximum atomic E-state index is 10.8. The predicted octanol–water partition coefficient (Wildman–Crippen LogP) is 1.83. The van der Waals surface area contributed by atoms with Crippen molar-refractivity contribution in [2.45, 2.75) is 38.8 Å². The van der Waals surface area contributed by atoms with E-state index < -0.39 is 5.91 Å². The van der Waals surface area contributed by atoms with Gasteiger partial charge in [-0.15, -0.1) is 0 Å². The minimum Gasteiger partial charge on any atom is -0.484 e. The van der Waals surface area contributed by atoms with E-state index in [9.17, 15) is 4.79 Å². The van der Waals surface area contributed by atoms with E-state index in [1.54, 1.807) is 0 Å². The van der Waals surface area contributed by atoms with Gasteiger partial charge in [0.05, 0.1) is 6.04 Å². The van der Waals surface area contributed by atoms with Gasteiger partial charge in [-0.05, 0) is 37.1 Å². The standard InChI is InChI=1S/C17H22N4O3/c1-2-16-19-17(20-24-16)14-7-4-8-21(14)10-12-5-3-6-13(9-12)23-11-15(18)22/h3,5-6,9,14H,2,4,7-8,10-11H2,1H3,(H2,18,22)/t14-/m0/s1. The summed E-state index contributed by atoms with van der Waals surface area (Å²) in [4.78, 5) is 17.6. The summed E-state index contributed by atoms with van der Waals surface area (Å²) < 4.78 is 10.6. The van der Waals surface area contributed by atoms with Crippen molar-refractivity contribution in [2.24, 2.45) is 5.73 Å². The molecule has 128 valence electrons. The van der Waals surface area contributed by atoms with Gasteiger partial charge < -0.3 is 15.0 Å². The molecule has 7 nitrogen and oxygen atoms in total. The van der Waals surface area contributed by atoms with Crippen LogP contribution in [0.15, 0.2) is 28.8 Å². The molecule has 1 aromatic heterocycles. The SMILES string of the molecule is CCc1nc([C@@H]2CCCN2Cc2cccc(OCC(N)=O)c2)no1. The first-order valence-electron chi connectivity index (χ1n) is 8.22. The zero-order chi connectivity index (χ0) is 16.9. The molecule has 0 saturated carbocycles. The monoisotopic (exact) mass is 330 g/mol. The normalized spacial score (nSPS) is 18.0. The van der Waals surface area contributed by atoms with Crippen LogP contribution in [-0.2, 0) is 17.8 Å². The number of benzene rings is 1. The van der Waals surface area contributed by atoms with Crippen LogP contribution in [0.4, 0.5) is 0 Å². The van der Waals surface area contributed by atoms with Crippen molar-refractivity contribution >= 4 is 5.91 Å². The van der Waals surface area contributed by atoms with Crippen molar-refractivity contribution in [3.63, 3.8) is 0 Å². The van der Waals surface area contributed by atoms with Gasteiger partial charge >= 0.3 is 0 Å². The molecule has 24 heavy (non-hydrogen) atoms. The third kappa shape index (κ3) is 3.91. The van der Waals surface area contributed by atoms with Crippen molar-refractivity contribution in [1.29, 1.82) is 0 Å². The van der Waals surface area contributed by atoms with E-state index in [0.29, 0.717) is 11.6 Å². The summed E-state index contributed by atoms with van der Waals surface area (Å²) in [6, 6.07) is 7.90. The van der Waals surface area contributed by atoms with Gasteiger partial charge in [-0.3, -0.25) is 9.69 Å². The number of carbonyl (C=O) groups is 1. The molecule has 2 heterocycles. The molecule has 7 heteroatoms. The van der Waals surface area contributed by atoms with Crippen molar-refractivity contribution in [3.8, 4) is 5.75 Å². The quantitative estimate of drug-likeness (QED) is 0.832. The maximum Gasteiger partial charge on any atom is 0.255 e. The van der Waals surface area contributed by atoms with Crippen LogP contribution in [0.2, 0.25) is 0 Å². The van der Waals surface area contributed by atoms with Crippen molar-refractivity contribution in [3.05, 3.63) is 41.5 Å². The Hall–Kier alpha value is -2.41. The molecule has 0 radical (unpaired) electrons. The number of likely N-dealkylation sites (tertiary alicyclic amines) is 1. The highest BCUT2D eigenvalue weighted by molar-refractivity contribution is 5.75. The van der Waals surface area contributed by atoms with Crippen LogP contribution < -0.4 is 10.5 Å². The number of amides is 1. The summed E-state index contributed by atoms with van der Waals surface area (Å²) in [5, 5.41) is 4.12. The number of aromatic nitrogens is 2. The third-order valence-electron chi connectivity index (χ3n) is 4.11. The number of primary amides is 1. The fourth-order valence-corrected chi connectivity index (χ4v) is 2.98. The lowest BCUT2D eigenvalue weighted by atomic mass is 10.1. The molecular formula is C17H22N4O3. The Morgan fingerprint density at radius 2 is 2.38 bits per heavy atom. The lowest BCUT2D eigenvalue weighted by Gasteiger charge is -2.22. The third-order valence-corrected chi connectivity index (χ3v) is 4.11. The van der Waals surface area contributed by atoms with E-state index in [-0.39, 0.29) is 12.6 Å². The Kier molecular flexibility index (Phi) is 5.10. The average Bonchev–Trinajstić information content (AvgIpc) is 3.22. The van der Waals surface area contributed by atoms with Gasteiger partial charge in [0.15, 0.2) is 12.4 Å². The molecular weight excluding hydrogens is 308 g/mol. The molecule has 0 aliphatic carbocycles. The molecule has 1 atom stereocenters. The molecule has 3 rings (SSSR count). The Labute approximate surface area is 140 Å². The number of hydrogen-bond acceptors (Lipinski definition) is 6. The molecule has 2 N–H and O–H groups in total. The molecule has 1 aliphatic rings. The molecule has 1 saturated heterocycles. The van der Waals surface area contributed by atoms with E-state index in [1.807, 2.05) is 31.2 Å². The summed E-state index contributed by atoms with van der Waals surface area (Å²) in [7, 11) is 0. The Balaban J connectivity index is 1.68. The Morgan fingerprint density at radius 1 is 1.50 bits per heavy atom. The smallest absolute Gasteiger partial charge is 0.255 e. The second-order valence-electron chi connectivity index (χ2n) is 5.93. The summed E-state index contributed by atoms with van der Waals surface area (Å²) in [5.74, 6) is 1.61. The minimum absolute atomic E-state index is 0.113. The molecule has 0 spiro atoms. The van der Waals surface area contributed by atoms with Crippen LogP contribution in [-0.4, -0.2) is 34.1 Å². The zero-order valence-electron chi connectivity index (χ0n) is 13.8. The van der Waals surface area contributed by atoms with E-state index in [0.717, 1.165) is 43.7 Å². The summed E-state index contributed by atoms with van der Waals surface area (Å²) in [5.41, 5.74) is 6.23. The molecule has 1 aromatic carbocycles. The molecule has 0 unspecified atom stereocenters. The second-order valence-corrected chi connectivity index (χ2v) is 5.93. The number of ether oxygens (including phenoxy) is 1. The number of carbonyl (C=O) groups excluding carboxylic acids is 1. The lowest BCUT2D eigenvalue weighted by molar-refractivity contribution is -0.119. The maximum absolute atomic E-state index is 10.8. The van der Waals surface area contributed by atoms with Crippen LogP contribution in [0.25, 0.3) is 0 Å². The highest BCUT2D eigenvalue weighted by Crippen LogP contribution is 2.32. The zero-order valence-corrected chi connectivity index (χ0v) is 13.8. The topological polar surface area (TPSA) is 94.5 Å². The van der Waals surface area contributed by atoms with E-state index in [4.69, 9.17) is 15.0 Å². The minimum atomic E-state index is -0.483. The Morgan fingerprint density at radius 3 is 3.12 bits per heavy atom. The van der Waals surface area contributed by atoms with Crippen LogP contribution in [0.1, 0.15) is 43.1 Å². The Bertz CT molecular complexity index is 701. The predicted molar refractivity (Wildman–Crippen MR) is 87.2 cm³/mol. The molecule has 2 aromatic rings. The van der Waals surface area contributed by atoms with Gasteiger partial charge in [-0.1, -0.05) is 24.2 Å². The van der Waals surface area contributed by atoms with Crippen LogP contribution in [0.3, 0.4) is 0 Å². The second kappa shape index (κ2) is 7.44. The van der Waals surface area contributed by atoms with Crippen molar-refractivity contribution in [2.75, 3.05) is 13.2 Å². The highest BCUT2D eigenvalue weighted by atomic mass is 16.5. The first-order chi connectivity index (χ1) is 11.7. The van der Waals surface area contributed by atoms with Gasteiger partial charge in [-0.2, -0.15) is 4.98 Å². The average molecular weight is 330 g/mol.